The van der Waals surface area contributed by atoms with Crippen LogP contribution < -0.4 is 4.72 Å². The first-order valence-corrected chi connectivity index (χ1v) is 7.10. The molecule has 1 aromatic rings. The highest BCUT2D eigenvalue weighted by atomic mass is 32.3. The van der Waals surface area contributed by atoms with Crippen LogP contribution in [0.15, 0.2) is 30.3 Å². The quantitative estimate of drug-likeness (QED) is 0.637. The Morgan fingerprint density at radius 1 is 1.32 bits per heavy atom. The molecule has 0 amide bonds. The maximum atomic E-state index is 12.6. The predicted molar refractivity (Wildman–Crippen MR) is 68.0 cm³/mol. The maximum absolute atomic E-state index is 12.6. The van der Waals surface area contributed by atoms with Crippen LogP contribution in [0.25, 0.3) is 0 Å². The molecular weight excluding hydrogens is 273 g/mol. The minimum absolute atomic E-state index is 0.0108. The molecule has 1 rings (SSSR count). The molecule has 0 aliphatic rings. The number of rotatable bonds is 6. The summed E-state index contributed by atoms with van der Waals surface area (Å²) >= 11 is 0. The second kappa shape index (κ2) is 6.63. The zero-order valence-corrected chi connectivity index (χ0v) is 11.5. The Morgan fingerprint density at radius 3 is 2.37 bits per heavy atom. The number of carbonyl (C=O) groups excluding carboxylic acids is 1. The summed E-state index contributed by atoms with van der Waals surface area (Å²) in [6.45, 7) is 3.19. The normalized spacial score (nSPS) is 13.3. The molecule has 0 saturated carbocycles. The van der Waals surface area contributed by atoms with E-state index in [0.717, 1.165) is 5.56 Å². The molecule has 0 aliphatic heterocycles. The number of ether oxygens (including phenoxy) is 1. The molecule has 0 radical (unpaired) electrons. The third-order valence-electron chi connectivity index (χ3n) is 2.41. The molecule has 7 heteroatoms. The number of esters is 1. The molecule has 0 aromatic heterocycles. The molecule has 0 bridgehead atoms. The Kier molecular flexibility index (Phi) is 5.44. The van der Waals surface area contributed by atoms with E-state index in [0.29, 0.717) is 0 Å². The molecule has 1 N–H and O–H groups in total. The van der Waals surface area contributed by atoms with E-state index in [1.807, 2.05) is 6.07 Å². The first kappa shape index (κ1) is 15.6. The van der Waals surface area contributed by atoms with Crippen LogP contribution in [0.4, 0.5) is 3.89 Å². The average molecular weight is 289 g/mol. The molecular formula is C12H16FNO4S. The second-order valence-corrected chi connectivity index (χ2v) is 5.48. The molecule has 1 atom stereocenters. The number of nitrogens with one attached hydrogen (secondary N) is 1. The van der Waals surface area contributed by atoms with Crippen molar-refractivity contribution in [2.24, 2.45) is 5.92 Å². The van der Waals surface area contributed by atoms with Gasteiger partial charge >= 0.3 is 16.4 Å². The van der Waals surface area contributed by atoms with E-state index in [1.54, 1.807) is 42.8 Å². The lowest BCUT2D eigenvalue weighted by Crippen LogP contribution is -2.43. The standard InChI is InChI=1S/C12H16FNO4S/c1-9(2)11(14-19(13,16)17)12(15)18-8-10-6-4-3-5-7-10/h3-7,9,11,14H,8H2,1-2H3/t11-/m0/s1. The summed E-state index contributed by atoms with van der Waals surface area (Å²) in [6, 6.07) is 7.67. The van der Waals surface area contributed by atoms with Gasteiger partial charge in [0.15, 0.2) is 0 Å². The minimum atomic E-state index is -4.95. The molecule has 1 aromatic carbocycles. The van der Waals surface area contributed by atoms with Crippen LogP contribution in [0.3, 0.4) is 0 Å². The molecule has 0 unspecified atom stereocenters. The van der Waals surface area contributed by atoms with Gasteiger partial charge < -0.3 is 4.74 Å². The van der Waals surface area contributed by atoms with Crippen LogP contribution in [0.5, 0.6) is 0 Å². The van der Waals surface area contributed by atoms with Gasteiger partial charge in [0.05, 0.1) is 0 Å². The highest BCUT2D eigenvalue weighted by Gasteiger charge is 2.28. The molecule has 0 fully saturated rings. The van der Waals surface area contributed by atoms with Crippen molar-refractivity contribution < 1.29 is 21.8 Å². The fraction of sp³-hybridized carbons (Fsp3) is 0.417. The van der Waals surface area contributed by atoms with Gasteiger partial charge in [-0.3, -0.25) is 4.79 Å². The van der Waals surface area contributed by atoms with E-state index in [2.05, 4.69) is 0 Å². The van der Waals surface area contributed by atoms with Crippen molar-refractivity contribution in [3.8, 4) is 0 Å². The van der Waals surface area contributed by atoms with E-state index in [9.17, 15) is 17.1 Å². The van der Waals surface area contributed by atoms with Crippen LogP contribution in [0.1, 0.15) is 19.4 Å². The SMILES string of the molecule is CC(C)[C@H](NS(=O)(=O)F)C(=O)OCc1ccccc1. The molecule has 19 heavy (non-hydrogen) atoms. The largest absolute Gasteiger partial charge is 0.460 e. The summed E-state index contributed by atoms with van der Waals surface area (Å²) in [7, 11) is -4.95. The van der Waals surface area contributed by atoms with Crippen molar-refractivity contribution in [3.05, 3.63) is 35.9 Å². The Morgan fingerprint density at radius 2 is 1.89 bits per heavy atom. The predicted octanol–water partition coefficient (Wildman–Crippen LogP) is 1.56. The number of hydrogen-bond donors (Lipinski definition) is 1. The first-order valence-electron chi connectivity index (χ1n) is 5.72. The summed E-state index contributed by atoms with van der Waals surface area (Å²) in [5, 5.41) is 0. The molecule has 0 heterocycles. The fourth-order valence-electron chi connectivity index (χ4n) is 1.43. The Hall–Kier alpha value is -1.47. The highest BCUT2D eigenvalue weighted by Crippen LogP contribution is 2.08. The van der Waals surface area contributed by atoms with Gasteiger partial charge in [-0.25, -0.2) is 0 Å². The number of carbonyl (C=O) groups is 1. The van der Waals surface area contributed by atoms with Gasteiger partial charge in [-0.2, -0.15) is 13.1 Å². The average Bonchev–Trinajstić information content (AvgIpc) is 2.33. The number of halogens is 1. The maximum Gasteiger partial charge on any atom is 0.373 e. The van der Waals surface area contributed by atoms with Gasteiger partial charge in [-0.15, -0.1) is 0 Å². The van der Waals surface area contributed by atoms with Crippen molar-refractivity contribution in [2.45, 2.75) is 26.5 Å². The van der Waals surface area contributed by atoms with Crippen LogP contribution in [-0.2, 0) is 26.5 Å². The van der Waals surface area contributed by atoms with Crippen molar-refractivity contribution in [2.75, 3.05) is 0 Å². The number of benzene rings is 1. The third kappa shape index (κ3) is 5.80. The van der Waals surface area contributed by atoms with Gasteiger partial charge in [0.2, 0.25) is 0 Å². The van der Waals surface area contributed by atoms with Crippen molar-refractivity contribution in [1.82, 2.24) is 4.72 Å². The van der Waals surface area contributed by atoms with Crippen LogP contribution >= 0.6 is 0 Å². The Labute approximate surface area is 112 Å². The van der Waals surface area contributed by atoms with Gasteiger partial charge in [-0.1, -0.05) is 48.1 Å². The smallest absolute Gasteiger partial charge is 0.373 e. The number of hydrogen-bond acceptors (Lipinski definition) is 4. The zero-order chi connectivity index (χ0) is 14.5. The fourth-order valence-corrected chi connectivity index (χ4v) is 2.10. The topological polar surface area (TPSA) is 72.5 Å². The Balaban J connectivity index is 2.63. The lowest BCUT2D eigenvalue weighted by Gasteiger charge is -2.18. The molecule has 0 aliphatic carbocycles. The van der Waals surface area contributed by atoms with E-state index >= 15 is 0 Å². The van der Waals surface area contributed by atoms with E-state index in [4.69, 9.17) is 4.74 Å². The van der Waals surface area contributed by atoms with E-state index in [-0.39, 0.29) is 6.61 Å². The summed E-state index contributed by atoms with van der Waals surface area (Å²) in [6.07, 6.45) is 0. The van der Waals surface area contributed by atoms with Gasteiger partial charge in [0.1, 0.15) is 12.6 Å². The zero-order valence-electron chi connectivity index (χ0n) is 10.7. The van der Waals surface area contributed by atoms with E-state index < -0.39 is 28.3 Å². The van der Waals surface area contributed by atoms with Crippen molar-refractivity contribution >= 4 is 16.4 Å². The Bertz CT molecular complexity index is 516. The second-order valence-electron chi connectivity index (χ2n) is 4.37. The van der Waals surface area contributed by atoms with Crippen LogP contribution in [-0.4, -0.2) is 20.4 Å². The van der Waals surface area contributed by atoms with Gasteiger partial charge in [0.25, 0.3) is 0 Å². The highest BCUT2D eigenvalue weighted by molar-refractivity contribution is 7.84. The lowest BCUT2D eigenvalue weighted by molar-refractivity contribution is -0.148. The van der Waals surface area contributed by atoms with Crippen LogP contribution in [0, 0.1) is 5.92 Å². The summed E-state index contributed by atoms with van der Waals surface area (Å²) < 4.78 is 40.2. The van der Waals surface area contributed by atoms with E-state index in [1.165, 1.54) is 0 Å². The lowest BCUT2D eigenvalue weighted by atomic mass is 10.1. The van der Waals surface area contributed by atoms with Crippen LogP contribution in [0.2, 0.25) is 0 Å². The third-order valence-corrected chi connectivity index (χ3v) is 2.95. The minimum Gasteiger partial charge on any atom is -0.460 e. The van der Waals surface area contributed by atoms with Crippen molar-refractivity contribution in [1.29, 1.82) is 0 Å². The van der Waals surface area contributed by atoms with Gasteiger partial charge in [0, 0.05) is 0 Å². The summed E-state index contributed by atoms with van der Waals surface area (Å²) in [5.74, 6) is -1.23. The molecule has 5 nitrogen and oxygen atoms in total. The molecule has 0 saturated heterocycles. The monoisotopic (exact) mass is 289 g/mol. The summed E-state index contributed by atoms with van der Waals surface area (Å²) in [5.41, 5.74) is 0.765. The molecule has 0 spiro atoms. The van der Waals surface area contributed by atoms with Crippen molar-refractivity contribution in [3.63, 3.8) is 0 Å². The molecule has 106 valence electrons. The first-order chi connectivity index (χ1) is 8.79. The summed E-state index contributed by atoms with van der Waals surface area (Å²) in [4.78, 5) is 11.7. The van der Waals surface area contributed by atoms with Gasteiger partial charge in [-0.05, 0) is 11.5 Å².